The van der Waals surface area contributed by atoms with E-state index in [1.807, 2.05) is 13.0 Å². The molecule has 0 aliphatic carbocycles. The SMILES string of the molecule is CCCc1cc(C(C)CF)cc([N+](=O)[O-])c1. The second-order valence-electron chi connectivity index (χ2n) is 4.00. The molecule has 0 N–H and O–H groups in total. The smallest absolute Gasteiger partial charge is 0.258 e. The maximum Gasteiger partial charge on any atom is 0.269 e. The van der Waals surface area contributed by atoms with Gasteiger partial charge in [-0.3, -0.25) is 14.5 Å². The van der Waals surface area contributed by atoms with Crippen molar-refractivity contribution in [1.29, 1.82) is 0 Å². The highest BCUT2D eigenvalue weighted by molar-refractivity contribution is 5.40. The average Bonchev–Trinajstić information content (AvgIpc) is 2.28. The van der Waals surface area contributed by atoms with E-state index in [0.29, 0.717) is 5.56 Å². The number of nitro groups is 1. The molecule has 1 aromatic rings. The molecule has 0 aliphatic rings. The maximum absolute atomic E-state index is 12.6. The molecule has 0 fully saturated rings. The summed E-state index contributed by atoms with van der Waals surface area (Å²) < 4.78 is 12.6. The van der Waals surface area contributed by atoms with E-state index >= 15 is 0 Å². The van der Waals surface area contributed by atoms with Crippen molar-refractivity contribution in [3.05, 3.63) is 39.4 Å². The highest BCUT2D eigenvalue weighted by Gasteiger charge is 2.13. The van der Waals surface area contributed by atoms with Crippen LogP contribution in [0.5, 0.6) is 0 Å². The molecule has 0 spiro atoms. The van der Waals surface area contributed by atoms with Gasteiger partial charge in [0.1, 0.15) is 0 Å². The molecule has 1 atom stereocenters. The van der Waals surface area contributed by atoms with Gasteiger partial charge in [0.25, 0.3) is 5.69 Å². The second kappa shape index (κ2) is 5.58. The van der Waals surface area contributed by atoms with Crippen LogP contribution in [0.15, 0.2) is 18.2 Å². The van der Waals surface area contributed by atoms with Crippen molar-refractivity contribution in [3.63, 3.8) is 0 Å². The molecule has 1 rings (SSSR count). The van der Waals surface area contributed by atoms with Crippen LogP contribution in [0.2, 0.25) is 0 Å². The molecule has 0 amide bonds. The van der Waals surface area contributed by atoms with Gasteiger partial charge in [-0.1, -0.05) is 26.3 Å². The van der Waals surface area contributed by atoms with E-state index in [0.717, 1.165) is 18.4 Å². The quantitative estimate of drug-likeness (QED) is 0.567. The first kappa shape index (κ1) is 12.6. The Balaban J connectivity index is 3.13. The fourth-order valence-corrected chi connectivity index (χ4v) is 1.61. The number of rotatable bonds is 5. The summed E-state index contributed by atoms with van der Waals surface area (Å²) in [6, 6.07) is 4.89. The molecule has 3 nitrogen and oxygen atoms in total. The van der Waals surface area contributed by atoms with Gasteiger partial charge in [-0.25, -0.2) is 0 Å². The minimum atomic E-state index is -0.493. The van der Waals surface area contributed by atoms with Crippen molar-refractivity contribution >= 4 is 5.69 Å². The van der Waals surface area contributed by atoms with Gasteiger partial charge >= 0.3 is 0 Å². The summed E-state index contributed by atoms with van der Waals surface area (Å²) in [4.78, 5) is 10.3. The van der Waals surface area contributed by atoms with E-state index in [-0.39, 0.29) is 11.6 Å². The Morgan fingerprint density at radius 3 is 2.62 bits per heavy atom. The number of aryl methyl sites for hydroxylation is 1. The number of halogens is 1. The first-order valence-corrected chi connectivity index (χ1v) is 5.42. The lowest BCUT2D eigenvalue weighted by Gasteiger charge is -2.09. The predicted octanol–water partition coefficient (Wildman–Crippen LogP) is 3.62. The Hall–Kier alpha value is -1.45. The molecule has 0 aromatic heterocycles. The Bertz CT molecular complexity index is 379. The number of nitrogens with zero attached hydrogens (tertiary/aromatic N) is 1. The largest absolute Gasteiger partial charge is 0.269 e. The molecule has 4 heteroatoms. The standard InChI is InChI=1S/C12H16FNO2/c1-3-4-10-5-11(9(2)8-13)7-12(6-10)14(15)16/h5-7,9H,3-4,8H2,1-2H3. The molecular formula is C12H16FNO2. The summed E-state index contributed by atoms with van der Waals surface area (Å²) >= 11 is 0. The Kier molecular flexibility index (Phi) is 4.40. The van der Waals surface area contributed by atoms with Gasteiger partial charge in [-0.2, -0.15) is 0 Å². The van der Waals surface area contributed by atoms with Crippen LogP contribution in [0.3, 0.4) is 0 Å². The number of hydrogen-bond acceptors (Lipinski definition) is 2. The molecule has 16 heavy (non-hydrogen) atoms. The monoisotopic (exact) mass is 225 g/mol. The molecule has 0 bridgehead atoms. The molecule has 1 aromatic carbocycles. The van der Waals surface area contributed by atoms with Crippen LogP contribution in [0.4, 0.5) is 10.1 Å². The van der Waals surface area contributed by atoms with Crippen molar-refractivity contribution in [1.82, 2.24) is 0 Å². The van der Waals surface area contributed by atoms with E-state index in [1.165, 1.54) is 6.07 Å². The second-order valence-corrected chi connectivity index (χ2v) is 4.00. The van der Waals surface area contributed by atoms with Crippen LogP contribution in [0.25, 0.3) is 0 Å². The molecule has 0 heterocycles. The highest BCUT2D eigenvalue weighted by Crippen LogP contribution is 2.24. The zero-order chi connectivity index (χ0) is 12.1. The van der Waals surface area contributed by atoms with Crippen LogP contribution in [-0.4, -0.2) is 11.6 Å². The van der Waals surface area contributed by atoms with Gasteiger partial charge in [0.2, 0.25) is 0 Å². The number of non-ortho nitro benzene ring substituents is 1. The summed E-state index contributed by atoms with van der Waals surface area (Å²) in [5.41, 5.74) is 1.67. The summed E-state index contributed by atoms with van der Waals surface area (Å²) in [7, 11) is 0. The van der Waals surface area contributed by atoms with E-state index in [4.69, 9.17) is 0 Å². The summed E-state index contributed by atoms with van der Waals surface area (Å²) in [6.45, 7) is 3.25. The fraction of sp³-hybridized carbons (Fsp3) is 0.500. The van der Waals surface area contributed by atoms with Crippen LogP contribution >= 0.6 is 0 Å². The Morgan fingerprint density at radius 2 is 2.12 bits per heavy atom. The first-order valence-electron chi connectivity index (χ1n) is 5.42. The summed E-state index contributed by atoms with van der Waals surface area (Å²) in [5, 5.41) is 10.7. The lowest BCUT2D eigenvalue weighted by atomic mass is 9.97. The zero-order valence-electron chi connectivity index (χ0n) is 9.57. The van der Waals surface area contributed by atoms with Crippen molar-refractivity contribution in [3.8, 4) is 0 Å². The zero-order valence-corrected chi connectivity index (χ0v) is 9.57. The van der Waals surface area contributed by atoms with Gasteiger partial charge in [0, 0.05) is 18.1 Å². The van der Waals surface area contributed by atoms with Gasteiger partial charge < -0.3 is 0 Å². The molecule has 0 aliphatic heterocycles. The van der Waals surface area contributed by atoms with Crippen molar-refractivity contribution < 1.29 is 9.31 Å². The average molecular weight is 225 g/mol. The molecule has 0 saturated carbocycles. The predicted molar refractivity (Wildman–Crippen MR) is 61.5 cm³/mol. The molecule has 88 valence electrons. The van der Waals surface area contributed by atoms with Crippen LogP contribution < -0.4 is 0 Å². The first-order chi connectivity index (χ1) is 7.58. The normalized spacial score (nSPS) is 12.4. The molecule has 1 unspecified atom stereocenters. The van der Waals surface area contributed by atoms with Crippen molar-refractivity contribution in [2.75, 3.05) is 6.67 Å². The third-order valence-electron chi connectivity index (χ3n) is 2.55. The van der Waals surface area contributed by atoms with Crippen LogP contribution in [-0.2, 0) is 6.42 Å². The van der Waals surface area contributed by atoms with Crippen molar-refractivity contribution in [2.45, 2.75) is 32.6 Å². The number of nitro benzene ring substituents is 1. The van der Waals surface area contributed by atoms with Gasteiger partial charge in [-0.15, -0.1) is 0 Å². The van der Waals surface area contributed by atoms with Crippen molar-refractivity contribution in [2.24, 2.45) is 0 Å². The lowest BCUT2D eigenvalue weighted by molar-refractivity contribution is -0.385. The number of alkyl halides is 1. The highest BCUT2D eigenvalue weighted by atomic mass is 19.1. The number of benzene rings is 1. The van der Waals surface area contributed by atoms with E-state index in [2.05, 4.69) is 0 Å². The Labute approximate surface area is 94.4 Å². The lowest BCUT2D eigenvalue weighted by Crippen LogP contribution is -1.99. The molecule has 0 saturated heterocycles. The molecular weight excluding hydrogens is 209 g/mol. The van der Waals surface area contributed by atoms with Gasteiger partial charge in [0.05, 0.1) is 11.6 Å². The topological polar surface area (TPSA) is 43.1 Å². The minimum absolute atomic E-state index is 0.0567. The minimum Gasteiger partial charge on any atom is -0.258 e. The van der Waals surface area contributed by atoms with Gasteiger partial charge in [-0.05, 0) is 17.5 Å². The van der Waals surface area contributed by atoms with E-state index < -0.39 is 11.6 Å². The van der Waals surface area contributed by atoms with E-state index in [1.54, 1.807) is 13.0 Å². The fourth-order valence-electron chi connectivity index (χ4n) is 1.61. The molecule has 0 radical (unpaired) electrons. The van der Waals surface area contributed by atoms with E-state index in [9.17, 15) is 14.5 Å². The van der Waals surface area contributed by atoms with Gasteiger partial charge in [0.15, 0.2) is 0 Å². The van der Waals surface area contributed by atoms with Crippen LogP contribution in [0, 0.1) is 10.1 Å². The third kappa shape index (κ3) is 3.02. The Morgan fingerprint density at radius 1 is 1.44 bits per heavy atom. The maximum atomic E-state index is 12.6. The third-order valence-corrected chi connectivity index (χ3v) is 2.55. The van der Waals surface area contributed by atoms with Crippen LogP contribution in [0.1, 0.15) is 37.3 Å². The summed E-state index contributed by atoms with van der Waals surface area (Å²) in [6.07, 6.45) is 1.71. The summed E-state index contributed by atoms with van der Waals surface area (Å²) in [5.74, 6) is -0.282. The number of hydrogen-bond donors (Lipinski definition) is 0.